The van der Waals surface area contributed by atoms with Crippen molar-refractivity contribution >= 4 is 62.9 Å². The first kappa shape index (κ1) is 30.2. The van der Waals surface area contributed by atoms with Gasteiger partial charge in [0.2, 0.25) is 0 Å². The van der Waals surface area contributed by atoms with Gasteiger partial charge in [0.15, 0.2) is 5.78 Å². The van der Waals surface area contributed by atoms with Crippen molar-refractivity contribution in [3.8, 4) is 0 Å². The van der Waals surface area contributed by atoms with E-state index in [2.05, 4.69) is 5.32 Å². The molecule has 0 saturated heterocycles. The van der Waals surface area contributed by atoms with Crippen LogP contribution in [0.1, 0.15) is 27.6 Å². The molecule has 2 rings (SSSR count). The molecule has 0 spiro atoms. The zero-order valence-electron chi connectivity index (χ0n) is 17.5. The van der Waals surface area contributed by atoms with Gasteiger partial charge in [0.25, 0.3) is 0 Å². The summed E-state index contributed by atoms with van der Waals surface area (Å²) < 4.78 is 57.3. The molecule has 13 heteroatoms. The topological polar surface area (TPSA) is 113 Å². The van der Waals surface area contributed by atoms with Crippen molar-refractivity contribution in [3.05, 3.63) is 65.8 Å². The standard InChI is InChI=1S/C14H16F2INO4.C7H3F2IO2/c1-2-22-14(21)9(7-18-3-4-19)13(20)8-5-12(17)11(16)6-10(8)15;8-4-2-5(9)6(10)1-3(4)7(11)12/h5-6,9,18-19H,2-4,7H2,1H3;1-2H,(H,11,12). The van der Waals surface area contributed by atoms with E-state index in [0.717, 1.165) is 12.1 Å². The SMILES string of the molecule is CCOC(=O)C(CNCCO)C(=O)c1cc(I)c(F)cc1F.O=C(O)c1cc(I)c(F)cc1F. The number of halogens is 6. The monoisotopic (exact) mass is 711 g/mol. The van der Waals surface area contributed by atoms with Gasteiger partial charge >= 0.3 is 11.9 Å². The van der Waals surface area contributed by atoms with Crippen LogP contribution in [-0.4, -0.2) is 54.2 Å². The maximum atomic E-state index is 13.8. The van der Waals surface area contributed by atoms with Gasteiger partial charge in [-0.15, -0.1) is 0 Å². The van der Waals surface area contributed by atoms with Gasteiger partial charge in [0.1, 0.15) is 29.2 Å². The maximum absolute atomic E-state index is 13.8. The van der Waals surface area contributed by atoms with Gasteiger partial charge in [-0.2, -0.15) is 0 Å². The van der Waals surface area contributed by atoms with Crippen LogP contribution in [0.5, 0.6) is 0 Å². The Morgan fingerprint density at radius 1 is 0.941 bits per heavy atom. The zero-order valence-corrected chi connectivity index (χ0v) is 21.8. The molecule has 186 valence electrons. The van der Waals surface area contributed by atoms with Crippen molar-refractivity contribution in [2.75, 3.05) is 26.3 Å². The highest BCUT2D eigenvalue weighted by Gasteiger charge is 2.31. The van der Waals surface area contributed by atoms with Gasteiger partial charge in [-0.05, 0) is 64.2 Å². The van der Waals surface area contributed by atoms with Crippen LogP contribution >= 0.6 is 45.2 Å². The third kappa shape index (κ3) is 8.74. The van der Waals surface area contributed by atoms with Gasteiger partial charge in [0, 0.05) is 32.4 Å². The van der Waals surface area contributed by atoms with E-state index in [1.807, 2.05) is 0 Å². The zero-order chi connectivity index (χ0) is 26.0. The number of aliphatic hydroxyl groups is 1. The van der Waals surface area contributed by atoms with E-state index in [1.54, 1.807) is 52.1 Å². The molecule has 0 heterocycles. The van der Waals surface area contributed by atoms with Gasteiger partial charge in [0.05, 0.1) is 24.3 Å². The minimum absolute atomic E-state index is 0.0754. The number of Topliss-reactive ketones (excluding diaryl/α,β-unsaturated/α-hetero) is 1. The number of carboxylic acid groups (broad SMARTS) is 1. The summed E-state index contributed by atoms with van der Waals surface area (Å²) in [5.74, 6) is -7.86. The number of carboxylic acids is 1. The molecule has 0 aliphatic rings. The van der Waals surface area contributed by atoms with Crippen LogP contribution in [0.3, 0.4) is 0 Å². The van der Waals surface area contributed by atoms with Crippen LogP contribution in [-0.2, 0) is 9.53 Å². The van der Waals surface area contributed by atoms with Gasteiger partial charge in [-0.25, -0.2) is 22.4 Å². The Kier molecular flexibility index (Phi) is 12.9. The molecule has 2 aromatic carbocycles. The number of aliphatic hydroxyl groups excluding tert-OH is 1. The predicted molar refractivity (Wildman–Crippen MR) is 130 cm³/mol. The lowest BCUT2D eigenvalue weighted by atomic mass is 9.97. The molecule has 0 amide bonds. The van der Waals surface area contributed by atoms with E-state index in [4.69, 9.17) is 14.9 Å². The fourth-order valence-corrected chi connectivity index (χ4v) is 3.37. The quantitative estimate of drug-likeness (QED) is 0.0691. The lowest BCUT2D eigenvalue weighted by Gasteiger charge is -2.16. The van der Waals surface area contributed by atoms with Crippen LogP contribution in [0.4, 0.5) is 17.6 Å². The fourth-order valence-electron chi connectivity index (χ4n) is 2.44. The Morgan fingerprint density at radius 3 is 1.91 bits per heavy atom. The molecule has 1 atom stereocenters. The van der Waals surface area contributed by atoms with Crippen molar-refractivity contribution in [1.29, 1.82) is 0 Å². The van der Waals surface area contributed by atoms with Crippen LogP contribution in [0, 0.1) is 36.3 Å². The fraction of sp³-hybridized carbons (Fsp3) is 0.286. The number of nitrogens with one attached hydrogen (secondary N) is 1. The summed E-state index contributed by atoms with van der Waals surface area (Å²) in [6.07, 6.45) is 0. The number of hydrogen-bond donors (Lipinski definition) is 3. The molecule has 0 bridgehead atoms. The first-order valence-electron chi connectivity index (χ1n) is 9.49. The first-order valence-corrected chi connectivity index (χ1v) is 11.6. The molecule has 1 unspecified atom stereocenters. The Bertz CT molecular complexity index is 1050. The Labute approximate surface area is 219 Å². The summed E-state index contributed by atoms with van der Waals surface area (Å²) in [7, 11) is 0. The van der Waals surface area contributed by atoms with Crippen molar-refractivity contribution in [3.63, 3.8) is 0 Å². The number of carbonyl (C=O) groups is 3. The van der Waals surface area contributed by atoms with E-state index in [-0.39, 0.29) is 39.0 Å². The number of hydrogen-bond acceptors (Lipinski definition) is 6. The molecule has 3 N–H and O–H groups in total. The molecule has 0 radical (unpaired) electrons. The van der Waals surface area contributed by atoms with Crippen LogP contribution in [0.15, 0.2) is 24.3 Å². The number of ether oxygens (including phenoxy) is 1. The highest BCUT2D eigenvalue weighted by Crippen LogP contribution is 2.20. The molecule has 0 aromatic heterocycles. The minimum Gasteiger partial charge on any atom is -0.478 e. The number of aromatic carboxylic acids is 1. The smallest absolute Gasteiger partial charge is 0.338 e. The number of carbonyl (C=O) groups excluding carboxylic acids is 2. The van der Waals surface area contributed by atoms with Crippen molar-refractivity contribution in [2.24, 2.45) is 5.92 Å². The number of benzene rings is 2. The lowest BCUT2D eigenvalue weighted by Crippen LogP contribution is -2.37. The summed E-state index contributed by atoms with van der Waals surface area (Å²) in [5.41, 5.74) is -0.879. The van der Waals surface area contributed by atoms with E-state index in [9.17, 15) is 31.9 Å². The normalized spacial score (nSPS) is 11.3. The summed E-state index contributed by atoms with van der Waals surface area (Å²) >= 11 is 3.23. The van der Waals surface area contributed by atoms with Crippen molar-refractivity contribution in [1.82, 2.24) is 5.32 Å². The summed E-state index contributed by atoms with van der Waals surface area (Å²) in [5, 5.41) is 19.8. The Balaban J connectivity index is 0.000000404. The first-order chi connectivity index (χ1) is 15.9. The molecule has 2 aromatic rings. The molecule has 0 aliphatic carbocycles. The second-order valence-corrected chi connectivity index (χ2v) is 8.72. The number of rotatable bonds is 9. The molecule has 0 saturated carbocycles. The predicted octanol–water partition coefficient (Wildman–Crippen LogP) is 3.78. The molecule has 0 aliphatic heterocycles. The second-order valence-electron chi connectivity index (χ2n) is 6.39. The molecule has 34 heavy (non-hydrogen) atoms. The second kappa shape index (κ2) is 14.5. The molecule has 7 nitrogen and oxygen atoms in total. The van der Waals surface area contributed by atoms with E-state index in [1.165, 1.54) is 0 Å². The Morgan fingerprint density at radius 2 is 1.44 bits per heavy atom. The third-order valence-electron chi connectivity index (χ3n) is 4.04. The summed E-state index contributed by atoms with van der Waals surface area (Å²) in [6.45, 7) is 1.55. The van der Waals surface area contributed by atoms with Crippen LogP contribution in [0.2, 0.25) is 0 Å². The number of ketones is 1. The highest BCUT2D eigenvalue weighted by atomic mass is 127. The van der Waals surface area contributed by atoms with Gasteiger partial charge < -0.3 is 20.3 Å². The van der Waals surface area contributed by atoms with Gasteiger partial charge in [-0.3, -0.25) is 9.59 Å². The van der Waals surface area contributed by atoms with Gasteiger partial charge in [-0.1, -0.05) is 0 Å². The average Bonchev–Trinajstić information content (AvgIpc) is 2.76. The highest BCUT2D eigenvalue weighted by molar-refractivity contribution is 14.1. The average molecular weight is 711 g/mol. The van der Waals surface area contributed by atoms with E-state index < -0.39 is 52.5 Å². The number of esters is 1. The van der Waals surface area contributed by atoms with Crippen molar-refractivity contribution < 1.29 is 46.9 Å². The molecular formula is C21H19F4I2NO6. The Hall–Kier alpha value is -1.85. The summed E-state index contributed by atoms with van der Waals surface area (Å²) in [4.78, 5) is 34.6. The van der Waals surface area contributed by atoms with E-state index in [0.29, 0.717) is 12.1 Å². The van der Waals surface area contributed by atoms with Crippen molar-refractivity contribution in [2.45, 2.75) is 6.92 Å². The summed E-state index contributed by atoms with van der Waals surface area (Å²) in [6, 6.07) is 3.18. The van der Waals surface area contributed by atoms with Crippen LogP contribution in [0.25, 0.3) is 0 Å². The largest absolute Gasteiger partial charge is 0.478 e. The van der Waals surface area contributed by atoms with Crippen LogP contribution < -0.4 is 5.32 Å². The van der Waals surface area contributed by atoms with E-state index >= 15 is 0 Å². The third-order valence-corrected chi connectivity index (χ3v) is 5.69. The molecule has 0 fully saturated rings. The minimum atomic E-state index is -1.40. The molecular weight excluding hydrogens is 692 g/mol. The maximum Gasteiger partial charge on any atom is 0.338 e. The lowest BCUT2D eigenvalue weighted by molar-refractivity contribution is -0.146.